The minimum Gasteiger partial charge on any atom is -0.381 e. The average molecular weight is 321 g/mol. The molecular weight excluding hydrogens is 312 g/mol. The van der Waals surface area contributed by atoms with Crippen molar-refractivity contribution in [1.29, 1.82) is 0 Å². The molecule has 2 rings (SSSR count). The Bertz CT molecular complexity index is 569. The van der Waals surface area contributed by atoms with Gasteiger partial charge in [0, 0.05) is 12.2 Å². The molecular formula is C13H9Cl4N. The second kappa shape index (κ2) is 6.03. The van der Waals surface area contributed by atoms with Crippen molar-refractivity contribution in [3.8, 4) is 0 Å². The van der Waals surface area contributed by atoms with Crippen molar-refractivity contribution in [3.05, 3.63) is 62.1 Å². The van der Waals surface area contributed by atoms with E-state index < -0.39 is 0 Å². The van der Waals surface area contributed by atoms with Gasteiger partial charge in [0.2, 0.25) is 0 Å². The quantitative estimate of drug-likeness (QED) is 0.741. The molecule has 94 valence electrons. The van der Waals surface area contributed by atoms with Crippen molar-refractivity contribution in [2.75, 3.05) is 5.32 Å². The van der Waals surface area contributed by atoms with Crippen molar-refractivity contribution >= 4 is 52.1 Å². The summed E-state index contributed by atoms with van der Waals surface area (Å²) in [6, 6.07) is 10.9. The van der Waals surface area contributed by atoms with E-state index in [2.05, 4.69) is 5.32 Å². The van der Waals surface area contributed by atoms with Crippen molar-refractivity contribution in [3.63, 3.8) is 0 Å². The third kappa shape index (κ3) is 3.24. The summed E-state index contributed by atoms with van der Waals surface area (Å²) >= 11 is 23.8. The molecule has 18 heavy (non-hydrogen) atoms. The summed E-state index contributed by atoms with van der Waals surface area (Å²) in [4.78, 5) is 0. The number of benzene rings is 2. The smallest absolute Gasteiger partial charge is 0.0642 e. The first-order chi connectivity index (χ1) is 8.58. The van der Waals surface area contributed by atoms with Crippen LogP contribution in [0.2, 0.25) is 20.1 Å². The Hall–Kier alpha value is -0.600. The summed E-state index contributed by atoms with van der Waals surface area (Å²) in [6.45, 7) is 0.567. The molecule has 0 spiro atoms. The number of nitrogens with one attached hydrogen (secondary N) is 1. The van der Waals surface area contributed by atoms with E-state index in [-0.39, 0.29) is 0 Å². The van der Waals surface area contributed by atoms with Gasteiger partial charge in [-0.1, -0.05) is 58.5 Å². The lowest BCUT2D eigenvalue weighted by molar-refractivity contribution is 1.15. The third-order valence-corrected chi connectivity index (χ3v) is 4.03. The molecule has 0 saturated heterocycles. The van der Waals surface area contributed by atoms with Gasteiger partial charge in [0.15, 0.2) is 0 Å². The van der Waals surface area contributed by atoms with Crippen LogP contribution < -0.4 is 5.32 Å². The van der Waals surface area contributed by atoms with E-state index in [1.54, 1.807) is 18.2 Å². The molecule has 0 saturated carbocycles. The van der Waals surface area contributed by atoms with E-state index in [1.165, 1.54) is 0 Å². The lowest BCUT2D eigenvalue weighted by Gasteiger charge is -2.09. The molecule has 0 amide bonds. The zero-order valence-electron chi connectivity index (χ0n) is 9.18. The molecule has 1 N–H and O–H groups in total. The van der Waals surface area contributed by atoms with Gasteiger partial charge in [-0.2, -0.15) is 0 Å². The van der Waals surface area contributed by atoms with E-state index >= 15 is 0 Å². The fourth-order valence-corrected chi connectivity index (χ4v) is 2.17. The number of hydrogen-bond donors (Lipinski definition) is 1. The lowest BCUT2D eigenvalue weighted by Crippen LogP contribution is -2.00. The zero-order valence-corrected chi connectivity index (χ0v) is 12.2. The molecule has 0 aliphatic rings. The highest BCUT2D eigenvalue weighted by atomic mass is 35.5. The van der Waals surface area contributed by atoms with Crippen LogP contribution in [0.15, 0.2) is 36.4 Å². The van der Waals surface area contributed by atoms with E-state index in [1.807, 2.05) is 18.2 Å². The summed E-state index contributed by atoms with van der Waals surface area (Å²) in [5.41, 5.74) is 1.80. The molecule has 0 radical (unpaired) electrons. The molecule has 0 heterocycles. The Labute approximate surface area is 126 Å². The largest absolute Gasteiger partial charge is 0.381 e. The average Bonchev–Trinajstić information content (AvgIpc) is 2.35. The van der Waals surface area contributed by atoms with Gasteiger partial charge >= 0.3 is 0 Å². The standard InChI is InChI=1S/C13H9Cl4N/c14-10-5-4-9(6-12(10)16)18-7-8-2-1-3-11(15)13(8)17/h1-6,18H,7H2. The Morgan fingerprint density at radius 3 is 2.33 bits per heavy atom. The Kier molecular flexibility index (Phi) is 4.63. The van der Waals surface area contributed by atoms with Gasteiger partial charge in [-0.3, -0.25) is 0 Å². The van der Waals surface area contributed by atoms with Crippen LogP contribution in [0.3, 0.4) is 0 Å². The summed E-state index contributed by atoms with van der Waals surface area (Å²) in [5.74, 6) is 0. The fourth-order valence-electron chi connectivity index (χ4n) is 1.49. The second-order valence-electron chi connectivity index (χ2n) is 3.70. The first-order valence-corrected chi connectivity index (χ1v) is 6.71. The minimum atomic E-state index is 0.513. The van der Waals surface area contributed by atoms with Crippen LogP contribution in [-0.2, 0) is 6.54 Å². The Balaban J connectivity index is 2.11. The van der Waals surface area contributed by atoms with E-state index in [4.69, 9.17) is 46.4 Å². The molecule has 0 aliphatic heterocycles. The van der Waals surface area contributed by atoms with Gasteiger partial charge in [-0.15, -0.1) is 0 Å². The van der Waals surface area contributed by atoms with E-state index in [0.717, 1.165) is 11.3 Å². The highest BCUT2D eigenvalue weighted by molar-refractivity contribution is 6.42. The molecule has 0 aliphatic carbocycles. The fraction of sp³-hybridized carbons (Fsp3) is 0.0769. The number of anilines is 1. The van der Waals surface area contributed by atoms with Crippen molar-refractivity contribution < 1.29 is 0 Å². The SMILES string of the molecule is Clc1ccc(NCc2cccc(Cl)c2Cl)cc1Cl. The maximum Gasteiger partial charge on any atom is 0.0642 e. The number of rotatable bonds is 3. The first kappa shape index (κ1) is 13.8. The predicted octanol–water partition coefficient (Wildman–Crippen LogP) is 5.91. The highest BCUT2D eigenvalue weighted by Gasteiger charge is 2.04. The van der Waals surface area contributed by atoms with Crippen molar-refractivity contribution in [2.45, 2.75) is 6.54 Å². The third-order valence-electron chi connectivity index (χ3n) is 2.43. The second-order valence-corrected chi connectivity index (χ2v) is 5.29. The van der Waals surface area contributed by atoms with Crippen LogP contribution in [0.4, 0.5) is 5.69 Å². The number of hydrogen-bond acceptors (Lipinski definition) is 1. The highest BCUT2D eigenvalue weighted by Crippen LogP contribution is 2.28. The molecule has 0 atom stereocenters. The summed E-state index contributed by atoms with van der Waals surface area (Å²) in [5, 5.41) is 5.36. The normalized spacial score (nSPS) is 10.4. The predicted molar refractivity (Wildman–Crippen MR) is 80.3 cm³/mol. The Morgan fingerprint density at radius 2 is 1.61 bits per heavy atom. The van der Waals surface area contributed by atoms with Crippen LogP contribution >= 0.6 is 46.4 Å². The topological polar surface area (TPSA) is 12.0 Å². The molecule has 0 fully saturated rings. The van der Waals surface area contributed by atoms with Gasteiger partial charge in [0.25, 0.3) is 0 Å². The zero-order chi connectivity index (χ0) is 13.1. The first-order valence-electron chi connectivity index (χ1n) is 5.20. The molecule has 5 heteroatoms. The molecule has 2 aromatic carbocycles. The summed E-state index contributed by atoms with van der Waals surface area (Å²) in [6.07, 6.45) is 0. The lowest BCUT2D eigenvalue weighted by atomic mass is 10.2. The van der Waals surface area contributed by atoms with Crippen LogP contribution in [-0.4, -0.2) is 0 Å². The molecule has 1 nitrogen and oxygen atoms in total. The van der Waals surface area contributed by atoms with E-state index in [0.29, 0.717) is 26.6 Å². The van der Waals surface area contributed by atoms with Gasteiger partial charge in [0.05, 0.1) is 20.1 Å². The van der Waals surface area contributed by atoms with Crippen molar-refractivity contribution in [1.82, 2.24) is 0 Å². The van der Waals surface area contributed by atoms with Crippen LogP contribution in [0, 0.1) is 0 Å². The van der Waals surface area contributed by atoms with E-state index in [9.17, 15) is 0 Å². The molecule has 0 bridgehead atoms. The van der Waals surface area contributed by atoms with Crippen LogP contribution in [0.1, 0.15) is 5.56 Å². The monoisotopic (exact) mass is 319 g/mol. The molecule has 0 aromatic heterocycles. The summed E-state index contributed by atoms with van der Waals surface area (Å²) in [7, 11) is 0. The van der Waals surface area contributed by atoms with Gasteiger partial charge in [-0.05, 0) is 29.8 Å². The Morgan fingerprint density at radius 1 is 0.833 bits per heavy atom. The number of halogens is 4. The summed E-state index contributed by atoms with van der Waals surface area (Å²) < 4.78 is 0. The maximum absolute atomic E-state index is 6.10. The van der Waals surface area contributed by atoms with Gasteiger partial charge in [-0.25, -0.2) is 0 Å². The van der Waals surface area contributed by atoms with Crippen LogP contribution in [0.5, 0.6) is 0 Å². The van der Waals surface area contributed by atoms with Gasteiger partial charge in [0.1, 0.15) is 0 Å². The molecule has 0 unspecified atom stereocenters. The minimum absolute atomic E-state index is 0.513. The maximum atomic E-state index is 6.10. The van der Waals surface area contributed by atoms with Crippen LogP contribution in [0.25, 0.3) is 0 Å². The van der Waals surface area contributed by atoms with Crippen molar-refractivity contribution in [2.24, 2.45) is 0 Å². The molecule has 2 aromatic rings. The van der Waals surface area contributed by atoms with Gasteiger partial charge < -0.3 is 5.32 Å².